The predicted molar refractivity (Wildman–Crippen MR) is 174 cm³/mol. The Morgan fingerprint density at radius 3 is 2.54 bits per heavy atom. The molecule has 2 N–H and O–H groups in total. The highest BCUT2D eigenvalue weighted by Crippen LogP contribution is 2.27. The first-order valence-corrected chi connectivity index (χ1v) is 16.1. The third-order valence-corrected chi connectivity index (χ3v) is 8.65. The molecule has 5 rings (SSSR count). The van der Waals surface area contributed by atoms with E-state index in [1.54, 1.807) is 43.9 Å². The summed E-state index contributed by atoms with van der Waals surface area (Å²) in [7, 11) is 0. The van der Waals surface area contributed by atoms with Gasteiger partial charge in [0, 0.05) is 60.4 Å². The van der Waals surface area contributed by atoms with E-state index in [1.807, 2.05) is 0 Å². The van der Waals surface area contributed by atoms with Crippen LogP contribution in [0, 0.1) is 5.82 Å². The summed E-state index contributed by atoms with van der Waals surface area (Å²) < 4.78 is 35.9. The summed E-state index contributed by atoms with van der Waals surface area (Å²) in [5.41, 5.74) is 0.534. The number of likely N-dealkylation sites (tertiary alicyclic amines) is 2. The minimum atomic E-state index is -1.45. The first-order chi connectivity index (χ1) is 22.6. The number of aromatic nitrogens is 1. The van der Waals surface area contributed by atoms with E-state index in [1.165, 1.54) is 35.9 Å². The molecule has 2 aliphatic rings. The Balaban J connectivity index is 1.30. The monoisotopic (exact) mass is 685 g/mol. The first-order valence-electron chi connectivity index (χ1n) is 15.7. The highest BCUT2D eigenvalue weighted by Gasteiger charge is 2.40. The number of benzene rings is 2. The van der Waals surface area contributed by atoms with Crippen molar-refractivity contribution in [2.24, 2.45) is 0 Å². The van der Waals surface area contributed by atoms with Crippen LogP contribution < -0.4 is 10.6 Å². The molecule has 2 aromatic carbocycles. The number of fused-ring (bicyclic) bond motifs is 1. The van der Waals surface area contributed by atoms with Crippen LogP contribution in [0.25, 0.3) is 10.9 Å². The molecule has 48 heavy (non-hydrogen) atoms. The zero-order chi connectivity index (χ0) is 34.9. The topological polar surface area (TPSA) is 130 Å². The summed E-state index contributed by atoms with van der Waals surface area (Å²) in [6.45, 7) is 6.60. The van der Waals surface area contributed by atoms with Crippen molar-refractivity contribution in [1.82, 2.24) is 25.0 Å². The van der Waals surface area contributed by atoms with Crippen LogP contribution in [0.2, 0.25) is 5.02 Å². The van der Waals surface area contributed by atoms with Crippen LogP contribution in [-0.2, 0) is 27.4 Å². The highest BCUT2D eigenvalue weighted by atomic mass is 35.5. The second kappa shape index (κ2) is 13.9. The number of amides is 4. The van der Waals surface area contributed by atoms with E-state index in [2.05, 4.69) is 10.6 Å². The molecule has 4 amide bonds. The van der Waals surface area contributed by atoms with Crippen LogP contribution in [0.15, 0.2) is 42.6 Å². The molecule has 11 nitrogen and oxygen atoms in total. The number of hydrogen-bond acceptors (Lipinski definition) is 6. The number of halogens is 3. The number of hydrogen-bond donors (Lipinski definition) is 2. The van der Waals surface area contributed by atoms with Gasteiger partial charge in [0.1, 0.15) is 30.2 Å². The fraction of sp³-hybridized carbons (Fsp3) is 0.441. The van der Waals surface area contributed by atoms with Crippen LogP contribution in [0.3, 0.4) is 0 Å². The average Bonchev–Trinajstić information content (AvgIpc) is 3.74. The lowest BCUT2D eigenvalue weighted by Crippen LogP contribution is -2.46. The van der Waals surface area contributed by atoms with Gasteiger partial charge in [0.05, 0.1) is 17.1 Å². The van der Waals surface area contributed by atoms with Gasteiger partial charge in [0.15, 0.2) is 5.78 Å². The third kappa shape index (κ3) is 7.78. The molecule has 0 saturated carbocycles. The smallest absolute Gasteiger partial charge is 0.410 e. The van der Waals surface area contributed by atoms with Gasteiger partial charge in [-0.25, -0.2) is 13.6 Å². The van der Waals surface area contributed by atoms with Gasteiger partial charge in [0.2, 0.25) is 11.8 Å². The lowest BCUT2D eigenvalue weighted by atomic mass is 10.1. The molecule has 2 aliphatic heterocycles. The van der Waals surface area contributed by atoms with E-state index in [0.717, 1.165) is 4.90 Å². The maximum atomic E-state index is 14.6. The van der Waals surface area contributed by atoms with Crippen LogP contribution in [0.4, 0.5) is 13.6 Å². The number of alkyl halides is 1. The van der Waals surface area contributed by atoms with Crippen LogP contribution in [0.1, 0.15) is 66.8 Å². The maximum absolute atomic E-state index is 14.6. The number of ether oxygens (including phenoxy) is 1. The SMILES string of the molecule is CC(=O)c1cn(CC(=O)N2C[C@H](F)C[C@H]2C(=O)NCc2cccc(Cl)c2F)c2cc(C(=O)NC3CCN(C(=O)OC(C)(C)C)C3)ccc12. The summed E-state index contributed by atoms with van der Waals surface area (Å²) in [5.74, 6) is -2.54. The number of carbonyl (C=O) groups is 5. The van der Waals surface area contributed by atoms with E-state index < -0.39 is 47.4 Å². The van der Waals surface area contributed by atoms with Gasteiger partial charge in [-0.3, -0.25) is 19.2 Å². The molecule has 0 aliphatic carbocycles. The summed E-state index contributed by atoms with van der Waals surface area (Å²) in [5, 5.41) is 5.93. The fourth-order valence-electron chi connectivity index (χ4n) is 6.01. The molecule has 1 unspecified atom stereocenters. The number of ketones is 1. The first kappa shape index (κ1) is 34.8. The maximum Gasteiger partial charge on any atom is 0.410 e. The molecule has 0 bridgehead atoms. The van der Waals surface area contributed by atoms with Crippen LogP contribution >= 0.6 is 11.6 Å². The molecule has 14 heteroatoms. The Labute approximate surface area is 281 Å². The fourth-order valence-corrected chi connectivity index (χ4v) is 6.21. The molecule has 3 atom stereocenters. The number of carbonyl (C=O) groups excluding carboxylic acids is 5. The van der Waals surface area contributed by atoms with Gasteiger partial charge in [0.25, 0.3) is 5.91 Å². The van der Waals surface area contributed by atoms with E-state index in [9.17, 15) is 32.8 Å². The minimum absolute atomic E-state index is 0.101. The van der Waals surface area contributed by atoms with Gasteiger partial charge in [-0.2, -0.15) is 0 Å². The van der Waals surface area contributed by atoms with E-state index in [4.69, 9.17) is 16.3 Å². The molecule has 256 valence electrons. The van der Waals surface area contributed by atoms with Crippen LogP contribution in [-0.4, -0.2) is 87.5 Å². The zero-order valence-corrected chi connectivity index (χ0v) is 27.9. The Morgan fingerprint density at radius 1 is 1.08 bits per heavy atom. The number of Topliss-reactive ketones (excluding diaryl/α,β-unsaturated/α-hetero) is 1. The van der Waals surface area contributed by atoms with Crippen LogP contribution in [0.5, 0.6) is 0 Å². The van der Waals surface area contributed by atoms with Crippen molar-refractivity contribution in [3.05, 3.63) is 70.1 Å². The largest absolute Gasteiger partial charge is 0.444 e. The molecule has 3 aromatic rings. The van der Waals surface area contributed by atoms with Crippen molar-refractivity contribution in [1.29, 1.82) is 0 Å². The summed E-state index contributed by atoms with van der Waals surface area (Å²) in [6, 6.07) is 7.72. The van der Waals surface area contributed by atoms with Gasteiger partial charge in [-0.05, 0) is 52.3 Å². The normalized spacial score (nSPS) is 19.4. The Morgan fingerprint density at radius 2 is 1.83 bits per heavy atom. The predicted octanol–water partition coefficient (Wildman–Crippen LogP) is 4.63. The number of rotatable bonds is 8. The van der Waals surface area contributed by atoms with E-state index >= 15 is 0 Å². The molecule has 2 fully saturated rings. The van der Waals surface area contributed by atoms with Crippen molar-refractivity contribution < 1.29 is 37.5 Å². The van der Waals surface area contributed by atoms with Crippen molar-refractivity contribution in [3.8, 4) is 0 Å². The molecule has 2 saturated heterocycles. The second-order valence-electron chi connectivity index (χ2n) is 13.2. The summed E-state index contributed by atoms with van der Waals surface area (Å²) >= 11 is 5.82. The van der Waals surface area contributed by atoms with Crippen molar-refractivity contribution in [2.75, 3.05) is 19.6 Å². The Kier molecular flexibility index (Phi) is 10.1. The van der Waals surface area contributed by atoms with Gasteiger partial charge in [-0.15, -0.1) is 0 Å². The van der Waals surface area contributed by atoms with Crippen molar-refractivity contribution in [2.45, 2.75) is 77.5 Å². The van der Waals surface area contributed by atoms with E-state index in [0.29, 0.717) is 29.4 Å². The lowest BCUT2D eigenvalue weighted by Gasteiger charge is -2.24. The third-order valence-electron chi connectivity index (χ3n) is 8.36. The highest BCUT2D eigenvalue weighted by molar-refractivity contribution is 6.30. The Bertz CT molecular complexity index is 1770. The minimum Gasteiger partial charge on any atom is -0.444 e. The van der Waals surface area contributed by atoms with Crippen molar-refractivity contribution in [3.63, 3.8) is 0 Å². The van der Waals surface area contributed by atoms with Crippen molar-refractivity contribution >= 4 is 52.1 Å². The molecular formula is C34H38ClF2N5O6. The lowest BCUT2D eigenvalue weighted by molar-refractivity contribution is -0.139. The molecule has 3 heterocycles. The number of nitrogens with zero attached hydrogens (tertiary/aromatic N) is 3. The quantitative estimate of drug-likeness (QED) is 0.333. The number of nitrogens with one attached hydrogen (secondary N) is 2. The van der Waals surface area contributed by atoms with E-state index in [-0.39, 0.29) is 60.6 Å². The Hall–Kier alpha value is -4.52. The average molecular weight is 686 g/mol. The molecular weight excluding hydrogens is 648 g/mol. The van der Waals surface area contributed by atoms with Gasteiger partial charge >= 0.3 is 6.09 Å². The molecule has 0 radical (unpaired) electrons. The van der Waals surface area contributed by atoms with Gasteiger partial charge < -0.3 is 29.7 Å². The molecule has 0 spiro atoms. The van der Waals surface area contributed by atoms with Gasteiger partial charge in [-0.1, -0.05) is 29.8 Å². The summed E-state index contributed by atoms with van der Waals surface area (Å²) in [6.07, 6.45) is -0.0775. The summed E-state index contributed by atoms with van der Waals surface area (Å²) in [4.78, 5) is 67.5. The molecule has 1 aromatic heterocycles. The second-order valence-corrected chi connectivity index (χ2v) is 13.6. The zero-order valence-electron chi connectivity index (χ0n) is 27.1. The standard InChI is InChI=1S/C34H38ClF2N5O6/c1-19(43)25-17-41(18-29(44)42-15-22(36)13-28(42)32(46)38-14-21-6-5-7-26(35)30(21)37)27-12-20(8-9-24(25)27)31(45)39-23-10-11-40(16-23)33(47)48-34(2,3)4/h5-9,12,17,22-23,28H,10-11,13-16,18H2,1-4H3,(H,38,46)(H,39,45)/t22-,23?,28+/m1/s1.